The van der Waals surface area contributed by atoms with Crippen LogP contribution in [0.5, 0.6) is 0 Å². The number of anilines is 2. The van der Waals surface area contributed by atoms with E-state index in [1.54, 1.807) is 6.20 Å². The zero-order chi connectivity index (χ0) is 12.5. The van der Waals surface area contributed by atoms with Crippen LogP contribution >= 0.6 is 0 Å². The lowest BCUT2D eigenvalue weighted by Crippen LogP contribution is -2.57. The number of likely N-dealkylation sites (N-methyl/N-ethyl adjacent to an activating group) is 1. The second-order valence-corrected chi connectivity index (χ2v) is 4.32. The summed E-state index contributed by atoms with van der Waals surface area (Å²) >= 11 is 0. The van der Waals surface area contributed by atoms with Crippen LogP contribution in [0.15, 0.2) is 18.3 Å². The molecule has 1 aliphatic rings. The van der Waals surface area contributed by atoms with E-state index in [1.807, 2.05) is 19.2 Å². The Morgan fingerprint density at radius 3 is 2.89 bits per heavy atom. The molecular formula is C11H15N7. The van der Waals surface area contributed by atoms with Crippen LogP contribution in [0.1, 0.15) is 0 Å². The SMILES string of the molecule is CNC1CN(c2cc(-c3cc[nH]n3)nc(N)n2)C1. The van der Waals surface area contributed by atoms with E-state index in [0.717, 1.165) is 30.3 Å². The third-order valence-electron chi connectivity index (χ3n) is 3.11. The van der Waals surface area contributed by atoms with Gasteiger partial charge in [0.2, 0.25) is 5.95 Å². The summed E-state index contributed by atoms with van der Waals surface area (Å²) in [6.45, 7) is 1.87. The lowest BCUT2D eigenvalue weighted by Gasteiger charge is -2.39. The Balaban J connectivity index is 1.88. The van der Waals surface area contributed by atoms with E-state index in [2.05, 4.69) is 30.4 Å². The molecule has 0 aromatic carbocycles. The van der Waals surface area contributed by atoms with E-state index < -0.39 is 0 Å². The summed E-state index contributed by atoms with van der Waals surface area (Å²) < 4.78 is 0. The lowest BCUT2D eigenvalue weighted by molar-refractivity contribution is 0.447. The van der Waals surface area contributed by atoms with Crippen molar-refractivity contribution in [2.24, 2.45) is 0 Å². The predicted molar refractivity (Wildman–Crippen MR) is 69.1 cm³/mol. The maximum Gasteiger partial charge on any atom is 0.222 e. The van der Waals surface area contributed by atoms with Crippen molar-refractivity contribution in [1.82, 2.24) is 25.5 Å². The number of aromatic nitrogens is 4. The molecule has 0 atom stereocenters. The second-order valence-electron chi connectivity index (χ2n) is 4.32. The molecule has 0 spiro atoms. The number of hydrogen-bond acceptors (Lipinski definition) is 6. The molecule has 0 aliphatic carbocycles. The van der Waals surface area contributed by atoms with E-state index in [1.165, 1.54) is 0 Å². The van der Waals surface area contributed by atoms with Gasteiger partial charge in [-0.15, -0.1) is 0 Å². The van der Waals surface area contributed by atoms with Gasteiger partial charge in [0.1, 0.15) is 11.5 Å². The Kier molecular flexibility index (Phi) is 2.60. The first kappa shape index (κ1) is 11.0. The van der Waals surface area contributed by atoms with Gasteiger partial charge in [-0.1, -0.05) is 0 Å². The molecule has 0 unspecified atom stereocenters. The largest absolute Gasteiger partial charge is 0.368 e. The fraction of sp³-hybridized carbons (Fsp3) is 0.364. The fourth-order valence-corrected chi connectivity index (χ4v) is 2.00. The van der Waals surface area contributed by atoms with Crippen LogP contribution in [-0.2, 0) is 0 Å². The zero-order valence-corrected chi connectivity index (χ0v) is 10.1. The molecule has 2 aromatic rings. The van der Waals surface area contributed by atoms with Gasteiger partial charge in [-0.3, -0.25) is 5.10 Å². The van der Waals surface area contributed by atoms with Crippen molar-refractivity contribution in [1.29, 1.82) is 0 Å². The minimum absolute atomic E-state index is 0.276. The molecular weight excluding hydrogens is 230 g/mol. The van der Waals surface area contributed by atoms with Crippen LogP contribution in [0.2, 0.25) is 0 Å². The molecule has 7 heteroatoms. The molecule has 0 radical (unpaired) electrons. The monoisotopic (exact) mass is 245 g/mol. The average Bonchev–Trinajstić information content (AvgIpc) is 2.80. The molecule has 4 N–H and O–H groups in total. The number of H-pyrrole nitrogens is 1. The lowest BCUT2D eigenvalue weighted by atomic mass is 10.1. The quantitative estimate of drug-likeness (QED) is 0.696. The Labute approximate surface area is 104 Å². The molecule has 94 valence electrons. The molecule has 1 fully saturated rings. The Morgan fingerprint density at radius 1 is 1.39 bits per heavy atom. The van der Waals surface area contributed by atoms with Crippen molar-refractivity contribution < 1.29 is 0 Å². The molecule has 1 aliphatic heterocycles. The minimum Gasteiger partial charge on any atom is -0.368 e. The Hall–Kier alpha value is -2.15. The standard InChI is InChI=1S/C11H15N7/c1-13-7-5-18(6-7)10-4-9(15-11(12)16-10)8-2-3-14-17-8/h2-4,7,13H,5-6H2,1H3,(H,14,17)(H2,12,15,16). The van der Waals surface area contributed by atoms with E-state index in [4.69, 9.17) is 5.73 Å². The van der Waals surface area contributed by atoms with Crippen LogP contribution < -0.4 is 16.0 Å². The summed E-state index contributed by atoms with van der Waals surface area (Å²) in [5, 5.41) is 10.1. The van der Waals surface area contributed by atoms with Gasteiger partial charge >= 0.3 is 0 Å². The van der Waals surface area contributed by atoms with Crippen molar-refractivity contribution in [3.63, 3.8) is 0 Å². The molecule has 7 nitrogen and oxygen atoms in total. The minimum atomic E-state index is 0.276. The first-order chi connectivity index (χ1) is 8.76. The molecule has 18 heavy (non-hydrogen) atoms. The van der Waals surface area contributed by atoms with Gasteiger partial charge in [0.05, 0.1) is 5.69 Å². The number of aromatic amines is 1. The first-order valence-electron chi connectivity index (χ1n) is 5.83. The summed E-state index contributed by atoms with van der Waals surface area (Å²) in [4.78, 5) is 10.6. The van der Waals surface area contributed by atoms with E-state index in [-0.39, 0.29) is 5.95 Å². The van der Waals surface area contributed by atoms with Gasteiger partial charge in [0.25, 0.3) is 0 Å². The molecule has 0 bridgehead atoms. The molecule has 3 rings (SSSR count). The third-order valence-corrected chi connectivity index (χ3v) is 3.11. The topological polar surface area (TPSA) is 95.8 Å². The number of nitrogen functional groups attached to an aromatic ring is 1. The van der Waals surface area contributed by atoms with Crippen LogP contribution in [0.4, 0.5) is 11.8 Å². The van der Waals surface area contributed by atoms with Crippen LogP contribution in [0.25, 0.3) is 11.4 Å². The summed E-state index contributed by atoms with van der Waals surface area (Å²) in [5.41, 5.74) is 7.26. The van der Waals surface area contributed by atoms with E-state index in [9.17, 15) is 0 Å². The fourth-order valence-electron chi connectivity index (χ4n) is 2.00. The van der Waals surface area contributed by atoms with Crippen LogP contribution in [-0.4, -0.2) is 46.3 Å². The highest BCUT2D eigenvalue weighted by atomic mass is 15.3. The van der Waals surface area contributed by atoms with E-state index >= 15 is 0 Å². The van der Waals surface area contributed by atoms with Gasteiger partial charge < -0.3 is 16.0 Å². The highest BCUT2D eigenvalue weighted by molar-refractivity contribution is 5.61. The van der Waals surface area contributed by atoms with Crippen molar-refractivity contribution in [3.05, 3.63) is 18.3 Å². The van der Waals surface area contributed by atoms with Crippen LogP contribution in [0.3, 0.4) is 0 Å². The Morgan fingerprint density at radius 2 is 2.22 bits per heavy atom. The number of rotatable bonds is 3. The van der Waals surface area contributed by atoms with E-state index in [0.29, 0.717) is 6.04 Å². The van der Waals surface area contributed by atoms with Gasteiger partial charge in [0, 0.05) is 31.4 Å². The van der Waals surface area contributed by atoms with Crippen molar-refractivity contribution >= 4 is 11.8 Å². The molecule has 2 aromatic heterocycles. The molecule has 0 amide bonds. The summed E-state index contributed by atoms with van der Waals surface area (Å²) in [7, 11) is 1.96. The van der Waals surface area contributed by atoms with Crippen molar-refractivity contribution in [2.45, 2.75) is 6.04 Å². The zero-order valence-electron chi connectivity index (χ0n) is 10.1. The van der Waals surface area contributed by atoms with Gasteiger partial charge in [0.15, 0.2) is 0 Å². The van der Waals surface area contributed by atoms with Crippen molar-refractivity contribution in [3.8, 4) is 11.4 Å². The summed E-state index contributed by atoms with van der Waals surface area (Å²) in [6, 6.07) is 4.30. The number of nitrogens with one attached hydrogen (secondary N) is 2. The van der Waals surface area contributed by atoms with Crippen LogP contribution in [0, 0.1) is 0 Å². The summed E-state index contributed by atoms with van der Waals surface area (Å²) in [6.07, 6.45) is 1.76. The van der Waals surface area contributed by atoms with Gasteiger partial charge in [-0.05, 0) is 13.1 Å². The highest BCUT2D eigenvalue weighted by Gasteiger charge is 2.26. The predicted octanol–water partition coefficient (Wildman–Crippen LogP) is -0.143. The highest BCUT2D eigenvalue weighted by Crippen LogP contribution is 2.24. The normalized spacial score (nSPS) is 15.7. The smallest absolute Gasteiger partial charge is 0.222 e. The number of nitrogens with two attached hydrogens (primary N) is 1. The average molecular weight is 245 g/mol. The molecule has 1 saturated heterocycles. The molecule has 3 heterocycles. The third kappa shape index (κ3) is 1.88. The van der Waals surface area contributed by atoms with Gasteiger partial charge in [-0.25, -0.2) is 4.98 Å². The number of nitrogens with zero attached hydrogens (tertiary/aromatic N) is 4. The van der Waals surface area contributed by atoms with Crippen molar-refractivity contribution in [2.75, 3.05) is 30.8 Å². The first-order valence-corrected chi connectivity index (χ1v) is 5.83. The Bertz CT molecular complexity index is 530. The molecule has 0 saturated carbocycles. The van der Waals surface area contributed by atoms with Gasteiger partial charge in [-0.2, -0.15) is 10.1 Å². The second kappa shape index (κ2) is 4.26. The maximum atomic E-state index is 5.75. The summed E-state index contributed by atoms with van der Waals surface area (Å²) in [5.74, 6) is 1.13. The maximum absolute atomic E-state index is 5.75. The number of hydrogen-bond donors (Lipinski definition) is 3.